The van der Waals surface area contributed by atoms with E-state index in [1.54, 1.807) is 13.2 Å². The van der Waals surface area contributed by atoms with E-state index in [-0.39, 0.29) is 15.8 Å². The summed E-state index contributed by atoms with van der Waals surface area (Å²) in [6.45, 7) is 15.3. The minimum atomic E-state index is -0.556. The van der Waals surface area contributed by atoms with Gasteiger partial charge in [-0.2, -0.15) is 6.42 Å². The molecule has 0 aliphatic carbocycles. The molecule has 0 N–H and O–H groups in total. The van der Waals surface area contributed by atoms with E-state index in [2.05, 4.69) is 94.0 Å². The zero-order valence-electron chi connectivity index (χ0n) is 16.3. The molecule has 0 bridgehead atoms. The Hall–Kier alpha value is -0.0606. The normalized spacial score (nSPS) is 8.56. The van der Waals surface area contributed by atoms with E-state index in [1.165, 1.54) is 10.6 Å². The summed E-state index contributed by atoms with van der Waals surface area (Å²) < 4.78 is 7.50. The molecule has 0 aliphatic rings. The van der Waals surface area contributed by atoms with E-state index >= 15 is 0 Å². The number of hydrogen-bond donors (Lipinski definition) is 0. The van der Waals surface area contributed by atoms with Crippen LogP contribution in [0.3, 0.4) is 0 Å². The summed E-state index contributed by atoms with van der Waals surface area (Å²) >= 11 is -0.556. The summed E-state index contributed by atoms with van der Waals surface area (Å²) in [4.78, 5) is 9.05. The molecule has 0 saturated heterocycles. The molecule has 0 heterocycles. The van der Waals surface area contributed by atoms with Gasteiger partial charge in [0, 0.05) is 0 Å². The summed E-state index contributed by atoms with van der Waals surface area (Å²) in [7, 11) is 9.99. The summed E-state index contributed by atoms with van der Waals surface area (Å²) in [5, 5.41) is 2.96. The summed E-state index contributed by atoms with van der Waals surface area (Å²) in [5.74, 6) is 0. The monoisotopic (exact) mass is 624 g/mol. The molecule has 0 fully saturated rings. The van der Waals surface area contributed by atoms with Gasteiger partial charge in [-0.15, -0.1) is 0 Å². The first kappa shape index (κ1) is 31.6. The number of hydrogen-bond acceptors (Lipinski definition) is 1. The molecule has 0 radical (unpaired) electrons. The Labute approximate surface area is 183 Å². The quantitative estimate of drug-likeness (QED) is 0.236. The fourth-order valence-corrected chi connectivity index (χ4v) is 2.99. The van der Waals surface area contributed by atoms with Gasteiger partial charge in [0.25, 0.3) is 0 Å². The van der Waals surface area contributed by atoms with Crippen LogP contribution < -0.4 is 10.6 Å². The second kappa shape index (κ2) is 25.9. The average Bonchev–Trinajstić information content (AvgIpc) is 2.72. The van der Waals surface area contributed by atoms with Gasteiger partial charge in [0.15, 0.2) is 0 Å². The number of benzene rings is 2. The van der Waals surface area contributed by atoms with Crippen LogP contribution in [0.1, 0.15) is 13.3 Å². The van der Waals surface area contributed by atoms with E-state index in [9.17, 15) is 0 Å². The van der Waals surface area contributed by atoms with Gasteiger partial charge in [0.05, 0.1) is 0 Å². The van der Waals surface area contributed by atoms with Gasteiger partial charge in [0.1, 0.15) is 0 Å². The van der Waals surface area contributed by atoms with Crippen LogP contribution in [0.25, 0.3) is 0 Å². The van der Waals surface area contributed by atoms with Crippen molar-refractivity contribution in [3.63, 3.8) is 0 Å². The van der Waals surface area contributed by atoms with Gasteiger partial charge < -0.3 is 4.79 Å². The molecule has 2 aromatic rings. The van der Waals surface area contributed by atoms with Crippen molar-refractivity contribution in [2.24, 2.45) is 0 Å². The first-order chi connectivity index (χ1) is 12.9. The van der Waals surface area contributed by atoms with Crippen LogP contribution in [0.5, 0.6) is 0 Å². The van der Waals surface area contributed by atoms with E-state index in [0.29, 0.717) is 6.42 Å². The molecule has 0 amide bonds. The Morgan fingerprint density at radius 1 is 0.852 bits per heavy atom. The van der Waals surface area contributed by atoms with Crippen molar-refractivity contribution in [2.75, 3.05) is 26.7 Å². The van der Waals surface area contributed by atoms with E-state index in [1.807, 2.05) is 0 Å². The zero-order chi connectivity index (χ0) is 21.5. The molecule has 152 valence electrons. The number of rotatable bonds is 3. The van der Waals surface area contributed by atoms with Crippen LogP contribution in [0.2, 0.25) is 0 Å². The second-order valence-electron chi connectivity index (χ2n) is 5.01. The van der Waals surface area contributed by atoms with E-state index in [4.69, 9.17) is 28.6 Å². The second-order valence-corrected chi connectivity index (χ2v) is 13.1. The topological polar surface area (TPSA) is 37.0 Å². The Morgan fingerprint density at radius 2 is 1.07 bits per heavy atom. The third-order valence-electron chi connectivity index (χ3n) is 2.69. The summed E-state index contributed by atoms with van der Waals surface area (Å²) in [6.07, 6.45) is 2.19. The van der Waals surface area contributed by atoms with Crippen LogP contribution in [0.15, 0.2) is 60.7 Å². The Balaban J connectivity index is -0.000000301. The Bertz CT molecular complexity index is 510. The van der Waals surface area contributed by atoms with Crippen LogP contribution in [-0.2, 0) is 25.1 Å². The first-order valence-electron chi connectivity index (χ1n) is 7.78. The summed E-state index contributed by atoms with van der Waals surface area (Å²) in [6, 6.07) is 21.2. The molecular formula is C20H27Cl2IrO2P2. The average molecular weight is 625 g/mol. The third kappa shape index (κ3) is 23.9. The minimum absolute atomic E-state index is 0.104. The SMILES string of the molecule is CC[C-]=O.CP(C)c1ccccc1.CP(C)c1ccccc1.[C-]#[O+].[Cl][Ir+][Cl]. The van der Waals surface area contributed by atoms with Gasteiger partial charge in [-0.05, 0) is 37.3 Å². The maximum absolute atomic E-state index is 9.05. The van der Waals surface area contributed by atoms with Gasteiger partial charge in [-0.3, -0.25) is 6.29 Å². The molecule has 0 unspecified atom stereocenters. The van der Waals surface area contributed by atoms with Crippen LogP contribution in [0.4, 0.5) is 0 Å². The molecule has 7 heteroatoms. The van der Waals surface area contributed by atoms with Gasteiger partial charge >= 0.3 is 46.1 Å². The van der Waals surface area contributed by atoms with Gasteiger partial charge in [-0.25, -0.2) is 0 Å². The number of halogens is 2. The molecule has 0 spiro atoms. The first-order valence-corrected chi connectivity index (χ1v) is 18.2. The van der Waals surface area contributed by atoms with Gasteiger partial charge in [-0.1, -0.05) is 83.4 Å². The van der Waals surface area contributed by atoms with Crippen molar-refractivity contribution in [1.29, 1.82) is 0 Å². The molecule has 0 saturated carbocycles. The van der Waals surface area contributed by atoms with Crippen LogP contribution in [-0.4, -0.2) is 32.9 Å². The molecule has 2 rings (SSSR count). The standard InChI is InChI=1S/2C8H11P.C3H5O.CO.2ClH.Ir/c2*1-9(2)8-6-4-3-5-7-8;1-2-3-4;1-2;;;/h2*3-7H,1-2H3;2H2,1H3;;2*1H;/q;;-1;;;;+3/p-2. The summed E-state index contributed by atoms with van der Waals surface area (Å²) in [5.41, 5.74) is 0. The predicted octanol–water partition coefficient (Wildman–Crippen LogP) is 5.95. The third-order valence-corrected chi connectivity index (χ3v) is 5.35. The van der Waals surface area contributed by atoms with Crippen molar-refractivity contribution >= 4 is 51.9 Å². The molecule has 2 nitrogen and oxygen atoms in total. The van der Waals surface area contributed by atoms with E-state index < -0.39 is 15.7 Å². The van der Waals surface area contributed by atoms with Crippen LogP contribution >= 0.6 is 35.0 Å². The zero-order valence-corrected chi connectivity index (χ0v) is 22.0. The van der Waals surface area contributed by atoms with Crippen molar-refractivity contribution < 1.29 is 25.1 Å². The molecule has 27 heavy (non-hydrogen) atoms. The van der Waals surface area contributed by atoms with Crippen molar-refractivity contribution in [3.8, 4) is 0 Å². The molecular weight excluding hydrogens is 597 g/mol. The fourth-order valence-electron chi connectivity index (χ4n) is 1.45. The maximum atomic E-state index is 9.05. The number of carbonyl (C=O) groups excluding carboxylic acids is 1. The van der Waals surface area contributed by atoms with Crippen molar-refractivity contribution in [1.82, 2.24) is 0 Å². The molecule has 0 atom stereocenters. The predicted molar refractivity (Wildman–Crippen MR) is 121 cm³/mol. The van der Waals surface area contributed by atoms with Crippen molar-refractivity contribution in [3.05, 3.63) is 67.3 Å². The fraction of sp³-hybridized carbons (Fsp3) is 0.300. The molecule has 0 aliphatic heterocycles. The van der Waals surface area contributed by atoms with E-state index in [0.717, 1.165) is 0 Å². The van der Waals surface area contributed by atoms with Crippen LogP contribution in [0, 0.1) is 6.65 Å². The Morgan fingerprint density at radius 3 is 1.19 bits per heavy atom. The van der Waals surface area contributed by atoms with Crippen molar-refractivity contribution in [2.45, 2.75) is 13.3 Å². The Kier molecular flexibility index (Phi) is 30.4. The molecule has 0 aromatic heterocycles. The molecule has 2 aromatic carbocycles. The van der Waals surface area contributed by atoms with Gasteiger partial charge in [0.2, 0.25) is 0 Å².